The normalized spacial score (nSPS) is 29.9. The molecule has 2 saturated carbocycles. The maximum atomic E-state index is 11.5. The van der Waals surface area contributed by atoms with Crippen LogP contribution in [0.5, 0.6) is 0 Å². The van der Waals surface area contributed by atoms with Crippen LogP contribution < -0.4 is 10.5 Å². The number of nitrogens with two attached hydrogens (primary N) is 1. The van der Waals surface area contributed by atoms with Crippen molar-refractivity contribution in [2.75, 3.05) is 69.2 Å². The van der Waals surface area contributed by atoms with E-state index in [4.69, 9.17) is 5.73 Å². The number of fused-ring (bicyclic) bond motifs is 2. The van der Waals surface area contributed by atoms with E-state index >= 15 is 0 Å². The predicted molar refractivity (Wildman–Crippen MR) is 188 cm³/mol. The van der Waals surface area contributed by atoms with Gasteiger partial charge in [0.2, 0.25) is 10.0 Å². The first-order valence-electron chi connectivity index (χ1n) is 17.7. The maximum Gasteiger partial charge on any atom is 0.229 e. The molecule has 5 N–H and O–H groups in total. The Balaban J connectivity index is 0.000000184. The smallest absolute Gasteiger partial charge is 0.229 e. The SMILES string of the molecule is CCCCCCN1C[C@@H]2[C@H](C1)C2(CO)c1cccc(N)c1.CCCCCCN1C[C@@H]2[C@H](C1)C2(CO)c1cccc(NS(C)(=O)=O)c1. The predicted octanol–water partition coefficient (Wildman–Crippen LogP) is 5.07. The van der Waals surface area contributed by atoms with Gasteiger partial charge in [-0.15, -0.1) is 0 Å². The number of benzene rings is 2. The third kappa shape index (κ3) is 7.44. The molecule has 6 atom stereocenters. The van der Waals surface area contributed by atoms with Crippen LogP contribution in [-0.4, -0.2) is 87.2 Å². The highest BCUT2D eigenvalue weighted by Gasteiger charge is 2.69. The minimum absolute atomic E-state index is 0.00466. The van der Waals surface area contributed by atoms with Gasteiger partial charge in [0.05, 0.1) is 19.5 Å². The van der Waals surface area contributed by atoms with Crippen LogP contribution in [0, 0.1) is 23.7 Å². The number of hydrogen-bond donors (Lipinski definition) is 4. The van der Waals surface area contributed by atoms with Gasteiger partial charge in [-0.05, 0) is 85.0 Å². The zero-order valence-electron chi connectivity index (χ0n) is 28.3. The molecule has 2 saturated heterocycles. The van der Waals surface area contributed by atoms with Crippen molar-refractivity contribution >= 4 is 21.4 Å². The topological polar surface area (TPSA) is 119 Å². The number of likely N-dealkylation sites (tertiary alicyclic amines) is 2. The van der Waals surface area contributed by atoms with E-state index in [-0.39, 0.29) is 24.0 Å². The van der Waals surface area contributed by atoms with Gasteiger partial charge in [0.15, 0.2) is 0 Å². The number of piperidine rings is 2. The van der Waals surface area contributed by atoms with Crippen molar-refractivity contribution in [3.8, 4) is 0 Å². The Bertz CT molecular complexity index is 1380. The third-order valence-corrected chi connectivity index (χ3v) is 12.1. The quantitative estimate of drug-likeness (QED) is 0.147. The summed E-state index contributed by atoms with van der Waals surface area (Å²) in [5, 5.41) is 20.1. The first kappa shape index (κ1) is 35.1. The second-order valence-corrected chi connectivity index (χ2v) is 16.3. The second kappa shape index (κ2) is 14.9. The number of aliphatic hydroxyl groups is 2. The summed E-state index contributed by atoms with van der Waals surface area (Å²) in [6, 6.07) is 15.7. The van der Waals surface area contributed by atoms with Gasteiger partial charge in [-0.2, -0.15) is 0 Å². The number of unbranched alkanes of at least 4 members (excludes halogenated alkanes) is 6. The number of hydrogen-bond acceptors (Lipinski definition) is 7. The fourth-order valence-electron chi connectivity index (χ4n) is 8.94. The van der Waals surface area contributed by atoms with E-state index < -0.39 is 10.0 Å². The number of anilines is 2. The largest absolute Gasteiger partial charge is 0.399 e. The van der Waals surface area contributed by atoms with Crippen molar-refractivity contribution < 1.29 is 18.6 Å². The lowest BCUT2D eigenvalue weighted by atomic mass is 9.90. The molecule has 2 heterocycles. The van der Waals surface area contributed by atoms with Crippen molar-refractivity contribution in [2.45, 2.75) is 76.0 Å². The minimum Gasteiger partial charge on any atom is -0.399 e. The Labute approximate surface area is 277 Å². The lowest BCUT2D eigenvalue weighted by molar-refractivity contribution is 0.195. The molecule has 4 fully saturated rings. The summed E-state index contributed by atoms with van der Waals surface area (Å²) >= 11 is 0. The van der Waals surface area contributed by atoms with Gasteiger partial charge in [-0.25, -0.2) is 8.42 Å². The van der Waals surface area contributed by atoms with Crippen LogP contribution >= 0.6 is 0 Å². The van der Waals surface area contributed by atoms with Gasteiger partial charge in [0, 0.05) is 48.4 Å². The lowest BCUT2D eigenvalue weighted by Gasteiger charge is -2.26. The molecule has 0 bridgehead atoms. The third-order valence-electron chi connectivity index (χ3n) is 11.5. The molecule has 2 aliphatic carbocycles. The van der Waals surface area contributed by atoms with E-state index in [9.17, 15) is 18.6 Å². The Morgan fingerprint density at radius 3 is 1.61 bits per heavy atom. The van der Waals surface area contributed by atoms with Crippen molar-refractivity contribution in [1.29, 1.82) is 0 Å². The standard InChI is InChI=1S/C19H30N2O3S.C18H28N2O/c1-3-4-5-6-10-21-12-17-18(13-21)19(17,14-22)15-8-7-9-16(11-15)20-25(2,23)24;1-2-3-4-5-9-20-11-16-17(12-20)18(16,13-21)14-7-6-8-15(19)10-14/h7-9,11,17-18,20,22H,3-6,10,12-14H2,1-2H3;6-8,10,16-17,21H,2-5,9,11-13,19H2,1H3/t17-,18+,19?;16-,17+,18?. The molecular formula is C37H58N4O4S. The maximum absolute atomic E-state index is 11.5. The molecule has 0 aromatic heterocycles. The Hall–Kier alpha value is -2.17. The number of rotatable bonds is 16. The van der Waals surface area contributed by atoms with E-state index in [1.54, 1.807) is 6.07 Å². The Kier molecular flexibility index (Phi) is 11.4. The highest BCUT2D eigenvalue weighted by Crippen LogP contribution is 2.64. The Morgan fingerprint density at radius 2 is 1.20 bits per heavy atom. The molecule has 0 spiro atoms. The number of sulfonamides is 1. The van der Waals surface area contributed by atoms with Gasteiger partial charge in [-0.3, -0.25) is 4.72 Å². The summed E-state index contributed by atoms with van der Waals surface area (Å²) in [6.07, 6.45) is 11.6. The molecular weight excluding hydrogens is 596 g/mol. The molecule has 46 heavy (non-hydrogen) atoms. The fraction of sp³-hybridized carbons (Fsp3) is 0.676. The fourth-order valence-corrected chi connectivity index (χ4v) is 9.50. The van der Waals surface area contributed by atoms with Gasteiger partial charge in [0.25, 0.3) is 0 Å². The molecule has 4 aliphatic rings. The van der Waals surface area contributed by atoms with Crippen LogP contribution in [0.4, 0.5) is 11.4 Å². The van der Waals surface area contributed by atoms with Gasteiger partial charge >= 0.3 is 0 Å². The summed E-state index contributed by atoms with van der Waals surface area (Å²) in [6.45, 7) is 11.6. The summed E-state index contributed by atoms with van der Waals surface area (Å²) in [5.74, 6) is 2.21. The zero-order valence-corrected chi connectivity index (χ0v) is 29.1. The summed E-state index contributed by atoms with van der Waals surface area (Å²) in [7, 11) is -3.29. The minimum atomic E-state index is -3.29. The van der Waals surface area contributed by atoms with E-state index in [0.29, 0.717) is 29.4 Å². The van der Waals surface area contributed by atoms with Crippen molar-refractivity contribution in [2.24, 2.45) is 23.7 Å². The number of nitrogens with zero attached hydrogens (tertiary/aromatic N) is 2. The van der Waals surface area contributed by atoms with Crippen LogP contribution in [0.15, 0.2) is 48.5 Å². The monoisotopic (exact) mass is 654 g/mol. The van der Waals surface area contributed by atoms with Crippen molar-refractivity contribution in [3.05, 3.63) is 59.7 Å². The van der Waals surface area contributed by atoms with E-state index in [1.807, 2.05) is 30.3 Å². The van der Waals surface area contributed by atoms with E-state index in [2.05, 4.69) is 40.5 Å². The molecule has 256 valence electrons. The summed E-state index contributed by atoms with van der Waals surface area (Å²) in [4.78, 5) is 5.11. The second-order valence-electron chi connectivity index (χ2n) is 14.5. The molecule has 0 amide bonds. The zero-order chi connectivity index (χ0) is 33.0. The van der Waals surface area contributed by atoms with E-state index in [0.717, 1.165) is 50.2 Å². The highest BCUT2D eigenvalue weighted by molar-refractivity contribution is 7.92. The molecule has 2 aromatic carbocycles. The van der Waals surface area contributed by atoms with E-state index in [1.165, 1.54) is 63.5 Å². The average molecular weight is 655 g/mol. The summed E-state index contributed by atoms with van der Waals surface area (Å²) in [5.41, 5.74) is 9.41. The van der Waals surface area contributed by atoms with Gasteiger partial charge in [-0.1, -0.05) is 76.6 Å². The highest BCUT2D eigenvalue weighted by atomic mass is 32.2. The van der Waals surface area contributed by atoms with Crippen molar-refractivity contribution in [3.63, 3.8) is 0 Å². The number of aliphatic hydroxyl groups excluding tert-OH is 2. The van der Waals surface area contributed by atoms with Crippen LogP contribution in [0.25, 0.3) is 0 Å². The van der Waals surface area contributed by atoms with Crippen LogP contribution in [0.1, 0.15) is 76.3 Å². The van der Waals surface area contributed by atoms with Crippen LogP contribution in [0.3, 0.4) is 0 Å². The molecule has 0 radical (unpaired) electrons. The van der Waals surface area contributed by atoms with Gasteiger partial charge < -0.3 is 25.7 Å². The van der Waals surface area contributed by atoms with Gasteiger partial charge in [0.1, 0.15) is 0 Å². The first-order chi connectivity index (χ1) is 22.1. The molecule has 2 aromatic rings. The first-order valence-corrected chi connectivity index (χ1v) is 19.6. The number of nitrogen functional groups attached to an aromatic ring is 1. The van der Waals surface area contributed by atoms with Crippen LogP contribution in [0.2, 0.25) is 0 Å². The molecule has 2 unspecified atom stereocenters. The molecule has 6 rings (SSSR count). The van der Waals surface area contributed by atoms with Crippen LogP contribution in [-0.2, 0) is 20.9 Å². The molecule has 2 aliphatic heterocycles. The van der Waals surface area contributed by atoms with Crippen molar-refractivity contribution in [1.82, 2.24) is 9.80 Å². The molecule has 9 heteroatoms. The number of nitrogens with one attached hydrogen (secondary N) is 1. The Morgan fingerprint density at radius 1 is 0.739 bits per heavy atom. The average Bonchev–Trinajstić information content (AvgIpc) is 3.61. The summed E-state index contributed by atoms with van der Waals surface area (Å²) < 4.78 is 25.5. The lowest BCUT2D eigenvalue weighted by Crippen LogP contribution is -2.33. The molecule has 8 nitrogen and oxygen atoms in total.